The molecule has 0 unspecified atom stereocenters. The van der Waals surface area contributed by atoms with Crippen molar-refractivity contribution >= 4 is 27.4 Å². The van der Waals surface area contributed by atoms with E-state index < -0.39 is 0 Å². The summed E-state index contributed by atoms with van der Waals surface area (Å²) in [5, 5.41) is 1.23. The Hall–Kier alpha value is -2.42. The lowest BCUT2D eigenvalue weighted by Gasteiger charge is -2.26. The Labute approximate surface area is 192 Å². The van der Waals surface area contributed by atoms with E-state index in [0.717, 1.165) is 79.2 Å². The SMILES string of the molecule is COc1cccc(CN(C)c2nc(CN3CCOCC3)nc3sc4c(c23)CCC4)c1OC. The molecule has 0 N–H and O–H groups in total. The highest BCUT2D eigenvalue weighted by Gasteiger charge is 2.25. The minimum absolute atomic E-state index is 0.675. The summed E-state index contributed by atoms with van der Waals surface area (Å²) in [5.74, 6) is 3.42. The van der Waals surface area contributed by atoms with Crippen molar-refractivity contribution in [3.63, 3.8) is 0 Å². The first-order chi connectivity index (χ1) is 15.7. The van der Waals surface area contributed by atoms with Crippen LogP contribution in [-0.2, 0) is 30.7 Å². The average Bonchev–Trinajstić information content (AvgIpc) is 3.40. The highest BCUT2D eigenvalue weighted by atomic mass is 32.1. The van der Waals surface area contributed by atoms with Gasteiger partial charge < -0.3 is 19.1 Å². The molecule has 2 aliphatic rings. The largest absolute Gasteiger partial charge is 0.493 e. The predicted molar refractivity (Wildman–Crippen MR) is 127 cm³/mol. The molecule has 32 heavy (non-hydrogen) atoms. The quantitative estimate of drug-likeness (QED) is 0.540. The van der Waals surface area contributed by atoms with E-state index in [1.54, 1.807) is 14.2 Å². The molecular formula is C24H30N4O3S. The van der Waals surface area contributed by atoms with Gasteiger partial charge in [-0.05, 0) is 30.9 Å². The van der Waals surface area contributed by atoms with Gasteiger partial charge >= 0.3 is 0 Å². The Bertz CT molecular complexity index is 1110. The summed E-state index contributed by atoms with van der Waals surface area (Å²) in [4.78, 5) is 17.3. The summed E-state index contributed by atoms with van der Waals surface area (Å²) in [7, 11) is 5.47. The minimum Gasteiger partial charge on any atom is -0.493 e. The van der Waals surface area contributed by atoms with Crippen LogP contribution >= 0.6 is 11.3 Å². The maximum absolute atomic E-state index is 5.67. The third kappa shape index (κ3) is 4.02. The Morgan fingerprint density at radius 2 is 1.97 bits per heavy atom. The van der Waals surface area contributed by atoms with Crippen molar-refractivity contribution in [1.29, 1.82) is 0 Å². The number of thiophene rings is 1. The first-order valence-corrected chi connectivity index (χ1v) is 12.0. The molecule has 3 heterocycles. The number of hydrogen-bond acceptors (Lipinski definition) is 8. The molecule has 0 bridgehead atoms. The summed E-state index contributed by atoms with van der Waals surface area (Å²) in [5.41, 5.74) is 2.52. The van der Waals surface area contributed by atoms with Crippen LogP contribution in [0.15, 0.2) is 18.2 Å². The van der Waals surface area contributed by atoms with Crippen LogP contribution in [0.2, 0.25) is 0 Å². The monoisotopic (exact) mass is 454 g/mol. The number of fused-ring (bicyclic) bond motifs is 3. The summed E-state index contributed by atoms with van der Waals surface area (Å²) in [6.07, 6.45) is 3.49. The van der Waals surface area contributed by atoms with E-state index in [1.807, 2.05) is 23.5 Å². The van der Waals surface area contributed by atoms with Crippen molar-refractivity contribution in [2.24, 2.45) is 0 Å². The molecule has 0 atom stereocenters. The normalized spacial score (nSPS) is 16.3. The fourth-order valence-electron chi connectivity index (χ4n) is 4.73. The standard InChI is InChI=1S/C24H30N4O3S/c1-27(14-16-6-4-8-18(29-2)22(16)30-3)23-21-17-7-5-9-19(17)32-24(21)26-20(25-23)15-28-10-12-31-13-11-28/h4,6,8H,5,7,9-15H2,1-3H3. The molecule has 1 aliphatic heterocycles. The smallest absolute Gasteiger partial charge is 0.165 e. The van der Waals surface area contributed by atoms with Gasteiger partial charge in [-0.3, -0.25) is 4.90 Å². The van der Waals surface area contributed by atoms with Gasteiger partial charge in [0, 0.05) is 37.1 Å². The van der Waals surface area contributed by atoms with Crippen LogP contribution in [0.3, 0.4) is 0 Å². The third-order valence-electron chi connectivity index (χ3n) is 6.31. The number of anilines is 1. The zero-order valence-electron chi connectivity index (χ0n) is 19.0. The van der Waals surface area contributed by atoms with Crippen molar-refractivity contribution in [3.8, 4) is 11.5 Å². The van der Waals surface area contributed by atoms with E-state index in [9.17, 15) is 0 Å². The first kappa shape index (κ1) is 21.4. The molecule has 0 spiro atoms. The number of ether oxygens (including phenoxy) is 3. The first-order valence-electron chi connectivity index (χ1n) is 11.2. The second kappa shape index (κ2) is 9.21. The number of para-hydroxylation sites is 1. The van der Waals surface area contributed by atoms with Gasteiger partial charge in [-0.1, -0.05) is 12.1 Å². The number of nitrogens with zero attached hydrogens (tertiary/aromatic N) is 4. The van der Waals surface area contributed by atoms with Crippen molar-refractivity contribution in [2.75, 3.05) is 52.5 Å². The van der Waals surface area contributed by atoms with Gasteiger partial charge in [-0.25, -0.2) is 9.97 Å². The second-order valence-electron chi connectivity index (χ2n) is 8.40. The highest BCUT2D eigenvalue weighted by molar-refractivity contribution is 7.19. The topological polar surface area (TPSA) is 60.0 Å². The van der Waals surface area contributed by atoms with Crippen molar-refractivity contribution < 1.29 is 14.2 Å². The number of methoxy groups -OCH3 is 2. The number of hydrogen-bond donors (Lipinski definition) is 0. The maximum Gasteiger partial charge on any atom is 0.165 e. The molecule has 1 aromatic carbocycles. The number of morpholine rings is 1. The summed E-state index contributed by atoms with van der Waals surface area (Å²) in [6, 6.07) is 6.02. The molecule has 0 amide bonds. The molecule has 0 saturated carbocycles. The van der Waals surface area contributed by atoms with Crippen LogP contribution in [0.4, 0.5) is 5.82 Å². The molecule has 8 heteroatoms. The molecule has 5 rings (SSSR count). The molecule has 1 aliphatic carbocycles. The minimum atomic E-state index is 0.675. The Morgan fingerprint density at radius 3 is 2.75 bits per heavy atom. The van der Waals surface area contributed by atoms with Gasteiger partial charge in [0.15, 0.2) is 11.5 Å². The molecule has 7 nitrogen and oxygen atoms in total. The Balaban J connectivity index is 1.52. The predicted octanol–water partition coefficient (Wildman–Crippen LogP) is 3.67. The summed E-state index contributed by atoms with van der Waals surface area (Å²) < 4.78 is 16.7. The van der Waals surface area contributed by atoms with E-state index in [-0.39, 0.29) is 0 Å². The lowest BCUT2D eigenvalue weighted by atomic mass is 10.1. The van der Waals surface area contributed by atoms with Crippen molar-refractivity contribution in [2.45, 2.75) is 32.4 Å². The fraction of sp³-hybridized carbons (Fsp3) is 0.500. The van der Waals surface area contributed by atoms with Gasteiger partial charge in [0.25, 0.3) is 0 Å². The molecule has 1 saturated heterocycles. The zero-order chi connectivity index (χ0) is 22.1. The third-order valence-corrected chi connectivity index (χ3v) is 7.50. The van der Waals surface area contributed by atoms with E-state index in [2.05, 4.69) is 22.9 Å². The molecule has 1 fully saturated rings. The van der Waals surface area contributed by atoms with E-state index >= 15 is 0 Å². The van der Waals surface area contributed by atoms with Crippen LogP contribution in [-0.4, -0.2) is 62.4 Å². The lowest BCUT2D eigenvalue weighted by Crippen LogP contribution is -2.36. The molecule has 3 aromatic rings. The Morgan fingerprint density at radius 1 is 1.12 bits per heavy atom. The van der Waals surface area contributed by atoms with Crippen LogP contribution in [0, 0.1) is 0 Å². The van der Waals surface area contributed by atoms with Crippen molar-refractivity contribution in [1.82, 2.24) is 14.9 Å². The molecular weight excluding hydrogens is 424 g/mol. The van der Waals surface area contributed by atoms with E-state index in [0.29, 0.717) is 6.54 Å². The van der Waals surface area contributed by atoms with Crippen LogP contribution in [0.1, 0.15) is 28.2 Å². The number of benzene rings is 1. The highest BCUT2D eigenvalue weighted by Crippen LogP contribution is 2.41. The lowest BCUT2D eigenvalue weighted by molar-refractivity contribution is 0.0331. The maximum atomic E-state index is 5.67. The van der Waals surface area contributed by atoms with E-state index in [4.69, 9.17) is 24.2 Å². The van der Waals surface area contributed by atoms with Crippen LogP contribution in [0.25, 0.3) is 10.2 Å². The van der Waals surface area contributed by atoms with Gasteiger partial charge in [-0.2, -0.15) is 0 Å². The second-order valence-corrected chi connectivity index (χ2v) is 9.48. The van der Waals surface area contributed by atoms with Crippen LogP contribution in [0.5, 0.6) is 11.5 Å². The zero-order valence-corrected chi connectivity index (χ0v) is 19.8. The van der Waals surface area contributed by atoms with Gasteiger partial charge in [0.2, 0.25) is 0 Å². The van der Waals surface area contributed by atoms with Crippen LogP contribution < -0.4 is 14.4 Å². The van der Waals surface area contributed by atoms with Crippen molar-refractivity contribution in [3.05, 3.63) is 40.0 Å². The van der Waals surface area contributed by atoms with Gasteiger partial charge in [0.1, 0.15) is 16.5 Å². The number of aromatic nitrogens is 2. The number of rotatable bonds is 7. The summed E-state index contributed by atoms with van der Waals surface area (Å²) in [6.45, 7) is 4.83. The summed E-state index contributed by atoms with van der Waals surface area (Å²) >= 11 is 1.85. The average molecular weight is 455 g/mol. The molecule has 170 valence electrons. The Kier molecular flexibility index (Phi) is 6.17. The van der Waals surface area contributed by atoms with Gasteiger partial charge in [0.05, 0.1) is 39.4 Å². The molecule has 0 radical (unpaired) electrons. The number of aryl methyl sites for hydroxylation is 2. The van der Waals surface area contributed by atoms with Gasteiger partial charge in [-0.15, -0.1) is 11.3 Å². The fourth-order valence-corrected chi connectivity index (χ4v) is 6.01. The van der Waals surface area contributed by atoms with E-state index in [1.165, 1.54) is 22.2 Å². The molecule has 2 aromatic heterocycles.